The summed E-state index contributed by atoms with van der Waals surface area (Å²) in [6.45, 7) is 5.00. The monoisotopic (exact) mass is 446 g/mol. The maximum atomic E-state index is 13.2. The summed E-state index contributed by atoms with van der Waals surface area (Å²) >= 11 is 6.17. The Morgan fingerprint density at radius 3 is 2.48 bits per heavy atom. The molecule has 1 amide bonds. The molecule has 0 spiro atoms. The van der Waals surface area contributed by atoms with Crippen LogP contribution in [0, 0.1) is 24.1 Å². The maximum absolute atomic E-state index is 13.2. The molecule has 2 rings (SSSR count). The predicted octanol–water partition coefficient (Wildman–Crippen LogP) is 4.78. The molecular weight excluding hydrogens is 423 g/mol. The van der Waals surface area contributed by atoms with E-state index in [1.54, 1.807) is 6.07 Å². The molecule has 164 valence electrons. The minimum absolute atomic E-state index is 0.0775. The van der Waals surface area contributed by atoms with Gasteiger partial charge in [-0.2, -0.15) is 5.26 Å². The number of hydrogen-bond donors (Lipinski definition) is 0. The summed E-state index contributed by atoms with van der Waals surface area (Å²) in [4.78, 5) is 25.9. The van der Waals surface area contributed by atoms with Crippen LogP contribution in [0.3, 0.4) is 0 Å². The van der Waals surface area contributed by atoms with Gasteiger partial charge < -0.3 is 14.4 Å². The molecule has 2 aromatic rings. The molecule has 2 aromatic carbocycles. The Labute approximate surface area is 186 Å². The number of benzene rings is 2. The van der Waals surface area contributed by atoms with Gasteiger partial charge in [0.1, 0.15) is 11.6 Å². The lowest BCUT2D eigenvalue weighted by Crippen LogP contribution is -2.36. The molecule has 0 unspecified atom stereocenters. The Kier molecular flexibility index (Phi) is 8.83. The largest absolute Gasteiger partial charge is 0.482 e. The van der Waals surface area contributed by atoms with Crippen molar-refractivity contribution in [2.45, 2.75) is 33.1 Å². The number of rotatable bonds is 9. The lowest BCUT2D eigenvalue weighted by Gasteiger charge is -2.21. The average molecular weight is 447 g/mol. The molecule has 31 heavy (non-hydrogen) atoms. The number of ether oxygens (including phenoxy) is 2. The Bertz CT molecular complexity index is 971. The van der Waals surface area contributed by atoms with Gasteiger partial charge in [0.05, 0.1) is 12.5 Å². The first-order valence-electron chi connectivity index (χ1n) is 9.74. The average Bonchev–Trinajstić information content (AvgIpc) is 2.74. The third kappa shape index (κ3) is 6.97. The van der Waals surface area contributed by atoms with Crippen LogP contribution in [0.2, 0.25) is 5.02 Å². The number of aryl methyl sites for hydroxylation is 1. The summed E-state index contributed by atoms with van der Waals surface area (Å²) in [7, 11) is 0. The van der Waals surface area contributed by atoms with Crippen LogP contribution < -0.4 is 9.64 Å². The number of hydrogen-bond acceptors (Lipinski definition) is 5. The smallest absolute Gasteiger partial charge is 0.344 e. The van der Waals surface area contributed by atoms with Crippen LogP contribution in [-0.2, 0) is 14.3 Å². The Balaban J connectivity index is 1.98. The van der Waals surface area contributed by atoms with Crippen molar-refractivity contribution >= 4 is 29.2 Å². The van der Waals surface area contributed by atoms with Crippen molar-refractivity contribution in [3.63, 3.8) is 0 Å². The fourth-order valence-electron chi connectivity index (χ4n) is 2.83. The van der Waals surface area contributed by atoms with Gasteiger partial charge in [0, 0.05) is 17.3 Å². The van der Waals surface area contributed by atoms with E-state index in [1.807, 2.05) is 32.9 Å². The molecule has 8 heteroatoms. The minimum Gasteiger partial charge on any atom is -0.482 e. The fraction of sp³-hybridized carbons (Fsp3) is 0.348. The minimum atomic E-state index is -0.713. The van der Waals surface area contributed by atoms with Crippen molar-refractivity contribution in [2.75, 3.05) is 24.7 Å². The second kappa shape index (κ2) is 11.3. The van der Waals surface area contributed by atoms with Gasteiger partial charge in [0.15, 0.2) is 13.2 Å². The lowest BCUT2D eigenvalue weighted by atomic mass is 10.0. The van der Waals surface area contributed by atoms with Gasteiger partial charge >= 0.3 is 5.97 Å². The van der Waals surface area contributed by atoms with E-state index < -0.39 is 24.3 Å². The second-order valence-electron chi connectivity index (χ2n) is 7.17. The highest BCUT2D eigenvalue weighted by Gasteiger charge is 2.19. The van der Waals surface area contributed by atoms with Crippen LogP contribution in [0.25, 0.3) is 0 Å². The van der Waals surface area contributed by atoms with Crippen LogP contribution in [-0.4, -0.2) is 31.6 Å². The van der Waals surface area contributed by atoms with E-state index in [4.69, 9.17) is 26.3 Å². The van der Waals surface area contributed by atoms with Crippen LogP contribution >= 0.6 is 11.6 Å². The molecule has 0 aliphatic heterocycles. The lowest BCUT2D eigenvalue weighted by molar-refractivity contribution is -0.149. The van der Waals surface area contributed by atoms with Gasteiger partial charge in [-0.3, -0.25) is 4.79 Å². The molecule has 0 saturated heterocycles. The molecule has 0 atom stereocenters. The van der Waals surface area contributed by atoms with Crippen LogP contribution in [0.5, 0.6) is 5.75 Å². The zero-order chi connectivity index (χ0) is 23.0. The van der Waals surface area contributed by atoms with Crippen molar-refractivity contribution < 1.29 is 23.5 Å². The Hall–Kier alpha value is -3.11. The number of nitriles is 1. The Morgan fingerprint density at radius 1 is 1.19 bits per heavy atom. The molecule has 0 aliphatic carbocycles. The topological polar surface area (TPSA) is 79.6 Å². The number of halogens is 2. The summed E-state index contributed by atoms with van der Waals surface area (Å²) in [6.07, 6.45) is 0.0775. The first kappa shape index (κ1) is 24.2. The van der Waals surface area contributed by atoms with Gasteiger partial charge in [-0.1, -0.05) is 25.4 Å². The predicted molar refractivity (Wildman–Crippen MR) is 116 cm³/mol. The van der Waals surface area contributed by atoms with Crippen LogP contribution in [0.15, 0.2) is 36.4 Å². The summed E-state index contributed by atoms with van der Waals surface area (Å²) in [5.41, 5.74) is 2.09. The van der Waals surface area contributed by atoms with Crippen molar-refractivity contribution in [1.29, 1.82) is 5.26 Å². The van der Waals surface area contributed by atoms with Crippen molar-refractivity contribution in [3.8, 4) is 11.8 Å². The van der Waals surface area contributed by atoms with Crippen LogP contribution in [0.4, 0.5) is 10.1 Å². The van der Waals surface area contributed by atoms with E-state index >= 15 is 0 Å². The number of nitrogens with zero attached hydrogens (tertiary/aromatic N) is 2. The highest BCUT2D eigenvalue weighted by molar-refractivity contribution is 6.31. The molecule has 0 saturated carbocycles. The summed E-state index contributed by atoms with van der Waals surface area (Å²) in [5, 5.41) is 9.44. The van der Waals surface area contributed by atoms with Crippen molar-refractivity contribution in [3.05, 3.63) is 58.4 Å². The fourth-order valence-corrected chi connectivity index (χ4v) is 3.00. The zero-order valence-corrected chi connectivity index (χ0v) is 18.4. The standard InChI is InChI=1S/C23H24ClFN2O4/c1-15(2)19-12-20(24)16(3)11-21(19)30-14-23(29)31-13-22(28)27(10-4-9-26)18-7-5-17(25)6-8-18/h5-8,11-12,15H,4,10,13-14H2,1-3H3. The van der Waals surface area contributed by atoms with E-state index in [9.17, 15) is 14.0 Å². The van der Waals surface area contributed by atoms with E-state index in [-0.39, 0.29) is 25.5 Å². The first-order valence-corrected chi connectivity index (χ1v) is 10.1. The highest BCUT2D eigenvalue weighted by Crippen LogP contribution is 2.32. The Morgan fingerprint density at radius 2 is 1.87 bits per heavy atom. The molecular formula is C23H24ClFN2O4. The molecule has 0 N–H and O–H groups in total. The van der Waals surface area contributed by atoms with E-state index in [1.165, 1.54) is 29.2 Å². The van der Waals surface area contributed by atoms with Crippen molar-refractivity contribution in [1.82, 2.24) is 0 Å². The molecule has 0 radical (unpaired) electrons. The third-order valence-corrected chi connectivity index (χ3v) is 4.91. The zero-order valence-electron chi connectivity index (χ0n) is 17.7. The normalized spacial score (nSPS) is 10.5. The summed E-state index contributed by atoms with van der Waals surface area (Å²) in [6, 6.07) is 10.8. The van der Waals surface area contributed by atoms with E-state index in [2.05, 4.69) is 0 Å². The number of carbonyl (C=O) groups is 2. The quantitative estimate of drug-likeness (QED) is 0.518. The molecule has 0 aliphatic rings. The number of carbonyl (C=O) groups excluding carboxylic acids is 2. The van der Waals surface area contributed by atoms with E-state index in [0.29, 0.717) is 16.5 Å². The number of esters is 1. The number of anilines is 1. The molecule has 0 bridgehead atoms. The van der Waals surface area contributed by atoms with E-state index in [0.717, 1.165) is 11.1 Å². The van der Waals surface area contributed by atoms with Gasteiger partial charge in [-0.15, -0.1) is 0 Å². The van der Waals surface area contributed by atoms with Gasteiger partial charge in [-0.05, 0) is 60.4 Å². The summed E-state index contributed by atoms with van der Waals surface area (Å²) in [5.74, 6) is -1.02. The van der Waals surface area contributed by atoms with Gasteiger partial charge in [0.25, 0.3) is 5.91 Å². The maximum Gasteiger partial charge on any atom is 0.344 e. The van der Waals surface area contributed by atoms with Crippen molar-refractivity contribution in [2.24, 2.45) is 0 Å². The molecule has 6 nitrogen and oxygen atoms in total. The molecule has 0 aromatic heterocycles. The third-order valence-electron chi connectivity index (χ3n) is 4.50. The SMILES string of the molecule is Cc1cc(OCC(=O)OCC(=O)N(CCC#N)c2ccc(F)cc2)c(C(C)C)cc1Cl. The molecule has 0 heterocycles. The molecule has 0 fully saturated rings. The number of amides is 1. The van der Waals surface area contributed by atoms with Gasteiger partial charge in [-0.25, -0.2) is 9.18 Å². The summed E-state index contributed by atoms with van der Waals surface area (Å²) < 4.78 is 23.8. The van der Waals surface area contributed by atoms with Crippen LogP contribution in [0.1, 0.15) is 37.3 Å². The second-order valence-corrected chi connectivity index (χ2v) is 7.58. The van der Waals surface area contributed by atoms with Gasteiger partial charge in [0.2, 0.25) is 0 Å². The first-order chi connectivity index (χ1) is 14.7. The highest BCUT2D eigenvalue weighted by atomic mass is 35.5.